The minimum absolute atomic E-state index is 0.148. The van der Waals surface area contributed by atoms with Gasteiger partial charge in [-0.05, 0) is 35.7 Å². The number of rotatable bonds is 6. The molecule has 2 unspecified atom stereocenters. The highest BCUT2D eigenvalue weighted by molar-refractivity contribution is 6.00. The summed E-state index contributed by atoms with van der Waals surface area (Å²) in [4.78, 5) is 12.7. The molecule has 7 heteroatoms. The van der Waals surface area contributed by atoms with Crippen molar-refractivity contribution in [2.75, 3.05) is 26.9 Å². The first-order valence-electron chi connectivity index (χ1n) is 9.05. The van der Waals surface area contributed by atoms with Crippen LogP contribution in [0.5, 0.6) is 0 Å². The maximum Gasteiger partial charge on any atom is 0.416 e. The molecule has 0 saturated carbocycles. The highest BCUT2D eigenvalue weighted by Gasteiger charge is 2.30. The van der Waals surface area contributed by atoms with Crippen LogP contribution in [-0.4, -0.2) is 38.9 Å². The van der Waals surface area contributed by atoms with Gasteiger partial charge in [0.15, 0.2) is 0 Å². The molecule has 4 nitrogen and oxygen atoms in total. The van der Waals surface area contributed by atoms with Crippen LogP contribution in [0.25, 0.3) is 11.1 Å². The van der Waals surface area contributed by atoms with Crippen LogP contribution in [-0.2, 0) is 15.7 Å². The third-order valence-corrected chi connectivity index (χ3v) is 4.95. The average Bonchev–Trinajstić information content (AvgIpc) is 3.22. The Bertz CT molecular complexity index is 799. The number of halogens is 3. The third kappa shape index (κ3) is 4.72. The Morgan fingerprint density at radius 1 is 1.21 bits per heavy atom. The fourth-order valence-electron chi connectivity index (χ4n) is 3.35. The van der Waals surface area contributed by atoms with Crippen LogP contribution in [0.1, 0.15) is 22.3 Å². The van der Waals surface area contributed by atoms with Crippen molar-refractivity contribution in [2.45, 2.75) is 18.7 Å². The molecule has 1 fully saturated rings. The molecule has 1 heterocycles. The minimum Gasteiger partial charge on any atom is -0.381 e. The first-order chi connectivity index (χ1) is 13.4. The SMILES string of the molecule is COC(CNC(=O)c1ccccc1-c1ccc(C(F)(F)F)cc1)C1CCOC1. The molecule has 2 aromatic carbocycles. The number of ether oxygens (including phenoxy) is 2. The van der Waals surface area contributed by atoms with Crippen molar-refractivity contribution >= 4 is 5.91 Å². The van der Waals surface area contributed by atoms with E-state index in [1.807, 2.05) is 0 Å². The lowest BCUT2D eigenvalue weighted by atomic mass is 9.97. The summed E-state index contributed by atoms with van der Waals surface area (Å²) in [6.45, 7) is 1.64. The highest BCUT2D eigenvalue weighted by Crippen LogP contribution is 2.32. The zero-order valence-corrected chi connectivity index (χ0v) is 15.5. The van der Waals surface area contributed by atoms with E-state index in [9.17, 15) is 18.0 Å². The van der Waals surface area contributed by atoms with Gasteiger partial charge in [0, 0.05) is 31.7 Å². The van der Waals surface area contributed by atoms with Gasteiger partial charge < -0.3 is 14.8 Å². The molecular formula is C21H22F3NO3. The van der Waals surface area contributed by atoms with E-state index in [2.05, 4.69) is 5.32 Å². The van der Waals surface area contributed by atoms with Gasteiger partial charge >= 0.3 is 6.18 Å². The van der Waals surface area contributed by atoms with Gasteiger partial charge in [0.2, 0.25) is 0 Å². The molecule has 0 aromatic heterocycles. The smallest absolute Gasteiger partial charge is 0.381 e. The predicted octanol–water partition coefficient (Wildman–Crippen LogP) is 4.15. The number of hydrogen-bond acceptors (Lipinski definition) is 3. The van der Waals surface area contributed by atoms with E-state index in [1.54, 1.807) is 31.4 Å². The van der Waals surface area contributed by atoms with Gasteiger partial charge in [-0.15, -0.1) is 0 Å². The molecule has 0 spiro atoms. The lowest BCUT2D eigenvalue weighted by molar-refractivity contribution is -0.137. The summed E-state index contributed by atoms with van der Waals surface area (Å²) in [5, 5.41) is 2.87. The van der Waals surface area contributed by atoms with Crippen molar-refractivity contribution < 1.29 is 27.4 Å². The van der Waals surface area contributed by atoms with Crippen molar-refractivity contribution in [1.29, 1.82) is 0 Å². The molecule has 0 bridgehead atoms. The van der Waals surface area contributed by atoms with Gasteiger partial charge in [-0.25, -0.2) is 0 Å². The quantitative estimate of drug-likeness (QED) is 0.802. The number of hydrogen-bond donors (Lipinski definition) is 1. The largest absolute Gasteiger partial charge is 0.416 e. The number of amides is 1. The zero-order valence-electron chi connectivity index (χ0n) is 15.5. The summed E-state index contributed by atoms with van der Waals surface area (Å²) in [5.74, 6) is -0.0630. The topological polar surface area (TPSA) is 47.6 Å². The molecule has 150 valence electrons. The van der Waals surface area contributed by atoms with E-state index in [4.69, 9.17) is 9.47 Å². The standard InChI is InChI=1S/C21H22F3NO3/c1-27-19(15-10-11-28-13-15)12-25-20(26)18-5-3-2-4-17(18)14-6-8-16(9-7-14)21(22,23)24/h2-9,15,19H,10-13H2,1H3,(H,25,26). The van der Waals surface area contributed by atoms with E-state index in [0.717, 1.165) is 18.6 Å². The van der Waals surface area contributed by atoms with E-state index in [0.29, 0.717) is 36.4 Å². The zero-order chi connectivity index (χ0) is 20.1. The van der Waals surface area contributed by atoms with Crippen molar-refractivity contribution in [3.05, 3.63) is 59.7 Å². The molecule has 1 aliphatic heterocycles. The highest BCUT2D eigenvalue weighted by atomic mass is 19.4. The second-order valence-corrected chi connectivity index (χ2v) is 6.73. The maximum atomic E-state index is 12.8. The summed E-state index contributed by atoms with van der Waals surface area (Å²) in [6, 6.07) is 11.6. The fraction of sp³-hybridized carbons (Fsp3) is 0.381. The van der Waals surface area contributed by atoms with Gasteiger partial charge in [0.05, 0.1) is 18.3 Å². The minimum atomic E-state index is -4.39. The molecular weight excluding hydrogens is 371 g/mol. The molecule has 2 atom stereocenters. The van der Waals surface area contributed by atoms with Crippen LogP contribution in [0.2, 0.25) is 0 Å². The van der Waals surface area contributed by atoms with Crippen LogP contribution in [0.15, 0.2) is 48.5 Å². The van der Waals surface area contributed by atoms with E-state index >= 15 is 0 Å². The second-order valence-electron chi connectivity index (χ2n) is 6.73. The number of nitrogens with one attached hydrogen (secondary N) is 1. The Morgan fingerprint density at radius 2 is 1.93 bits per heavy atom. The first-order valence-corrected chi connectivity index (χ1v) is 9.05. The van der Waals surface area contributed by atoms with Crippen molar-refractivity contribution in [1.82, 2.24) is 5.32 Å². The molecule has 1 aliphatic rings. The average molecular weight is 393 g/mol. The molecule has 28 heavy (non-hydrogen) atoms. The van der Waals surface area contributed by atoms with Crippen molar-refractivity contribution in [3.63, 3.8) is 0 Å². The number of benzene rings is 2. The fourth-order valence-corrected chi connectivity index (χ4v) is 3.35. The number of methoxy groups -OCH3 is 1. The Balaban J connectivity index is 1.75. The van der Waals surface area contributed by atoms with Crippen LogP contribution in [0, 0.1) is 5.92 Å². The van der Waals surface area contributed by atoms with E-state index in [-0.39, 0.29) is 17.9 Å². The van der Waals surface area contributed by atoms with Crippen molar-refractivity contribution in [2.24, 2.45) is 5.92 Å². The summed E-state index contributed by atoms with van der Waals surface area (Å²) in [6.07, 6.45) is -3.66. The Labute approximate surface area is 161 Å². The number of carbonyl (C=O) groups excluding carboxylic acids is 1. The van der Waals surface area contributed by atoms with E-state index in [1.165, 1.54) is 12.1 Å². The molecule has 1 N–H and O–H groups in total. The summed E-state index contributed by atoms with van der Waals surface area (Å²) in [7, 11) is 1.60. The van der Waals surface area contributed by atoms with Crippen LogP contribution in [0.4, 0.5) is 13.2 Å². The Morgan fingerprint density at radius 3 is 2.54 bits per heavy atom. The van der Waals surface area contributed by atoms with Gasteiger partial charge in [-0.3, -0.25) is 4.79 Å². The monoisotopic (exact) mass is 393 g/mol. The first kappa shape index (κ1) is 20.4. The molecule has 1 saturated heterocycles. The normalized spacial score (nSPS) is 18.1. The van der Waals surface area contributed by atoms with Crippen LogP contribution >= 0.6 is 0 Å². The predicted molar refractivity (Wildman–Crippen MR) is 98.9 cm³/mol. The second kappa shape index (κ2) is 8.75. The lowest BCUT2D eigenvalue weighted by Crippen LogP contribution is -2.38. The summed E-state index contributed by atoms with van der Waals surface area (Å²) < 4.78 is 49.2. The molecule has 3 rings (SSSR count). The molecule has 0 aliphatic carbocycles. The summed E-state index contributed by atoms with van der Waals surface area (Å²) >= 11 is 0. The molecule has 2 aromatic rings. The number of carbonyl (C=O) groups is 1. The van der Waals surface area contributed by atoms with Gasteiger partial charge in [-0.2, -0.15) is 13.2 Å². The third-order valence-electron chi connectivity index (χ3n) is 4.95. The Kier molecular flexibility index (Phi) is 6.36. The van der Waals surface area contributed by atoms with Gasteiger partial charge in [-0.1, -0.05) is 30.3 Å². The lowest BCUT2D eigenvalue weighted by Gasteiger charge is -2.21. The Hall–Kier alpha value is -2.38. The van der Waals surface area contributed by atoms with Gasteiger partial charge in [0.25, 0.3) is 5.91 Å². The summed E-state index contributed by atoms with van der Waals surface area (Å²) in [5.41, 5.74) is 0.804. The van der Waals surface area contributed by atoms with Gasteiger partial charge in [0.1, 0.15) is 0 Å². The van der Waals surface area contributed by atoms with Crippen LogP contribution in [0.3, 0.4) is 0 Å². The molecule has 1 amide bonds. The number of alkyl halides is 3. The van der Waals surface area contributed by atoms with Crippen molar-refractivity contribution in [3.8, 4) is 11.1 Å². The molecule has 0 radical (unpaired) electrons. The maximum absolute atomic E-state index is 12.8. The van der Waals surface area contributed by atoms with Crippen LogP contribution < -0.4 is 5.32 Å². The van der Waals surface area contributed by atoms with E-state index < -0.39 is 11.7 Å².